The Morgan fingerprint density at radius 1 is 0.742 bits per heavy atom. The van der Waals surface area contributed by atoms with Crippen LogP contribution in [0.1, 0.15) is 61.7 Å². The first kappa shape index (κ1) is 27.3. The van der Waals surface area contributed by atoms with Crippen LogP contribution in [0.5, 0.6) is 0 Å². The van der Waals surface area contributed by atoms with Crippen molar-refractivity contribution in [2.75, 3.05) is 0 Å². The van der Waals surface area contributed by atoms with Gasteiger partial charge in [0, 0.05) is 49.8 Å². The highest BCUT2D eigenvalue weighted by Crippen LogP contribution is 2.26. The Labute approximate surface area is 179 Å². The van der Waals surface area contributed by atoms with Crippen molar-refractivity contribution >= 4 is 29.6 Å². The number of carboxylic acid groups (broad SMARTS) is 3. The predicted octanol–water partition coefficient (Wildman–Crippen LogP) is 2.24. The number of nitrogens with zero attached hydrogens (tertiary/aromatic N) is 1. The Hall–Kier alpha value is -3.74. The van der Waals surface area contributed by atoms with Crippen molar-refractivity contribution < 1.29 is 39.3 Å². The number of hydrogen-bond acceptors (Lipinski definition) is 6. The topological polar surface area (TPSA) is 182 Å². The predicted molar refractivity (Wildman–Crippen MR) is 108 cm³/mol. The Bertz CT molecular complexity index is 744. The molecule has 10 nitrogen and oxygen atoms in total. The van der Waals surface area contributed by atoms with E-state index in [9.17, 15) is 24.0 Å². The van der Waals surface area contributed by atoms with E-state index in [1.54, 1.807) is 30.3 Å². The molecule has 4 N–H and O–H groups in total. The van der Waals surface area contributed by atoms with Crippen molar-refractivity contribution in [2.24, 2.45) is 0 Å². The lowest BCUT2D eigenvalue weighted by Crippen LogP contribution is -2.49. The van der Waals surface area contributed by atoms with Gasteiger partial charge in [0.15, 0.2) is 5.78 Å². The molecule has 31 heavy (non-hydrogen) atoms. The fourth-order valence-corrected chi connectivity index (χ4v) is 2.95. The number of carbonyl (C=O) groups excluding carboxylic acids is 2. The molecule has 0 saturated heterocycles. The molecule has 0 fully saturated rings. The van der Waals surface area contributed by atoms with E-state index >= 15 is 0 Å². The zero-order valence-electron chi connectivity index (χ0n) is 17.0. The number of ketones is 1. The Morgan fingerprint density at radius 2 is 1.16 bits per heavy atom. The van der Waals surface area contributed by atoms with Gasteiger partial charge >= 0.3 is 17.9 Å². The molecule has 1 rings (SSSR count). The molecule has 0 radical (unpaired) electrons. The molecule has 0 aliphatic carbocycles. The van der Waals surface area contributed by atoms with Crippen LogP contribution in [0.25, 0.3) is 0 Å². The van der Waals surface area contributed by atoms with Gasteiger partial charge in [0.2, 0.25) is 5.91 Å². The maximum atomic E-state index is 12.4. The van der Waals surface area contributed by atoms with Gasteiger partial charge in [0.05, 0.1) is 0 Å². The first-order chi connectivity index (χ1) is 14.6. The van der Waals surface area contributed by atoms with Crippen molar-refractivity contribution in [3.63, 3.8) is 0 Å². The molecule has 0 spiro atoms. The van der Waals surface area contributed by atoms with Crippen LogP contribution in [0.15, 0.2) is 30.3 Å². The van der Waals surface area contributed by atoms with Crippen molar-refractivity contribution in [1.82, 2.24) is 5.32 Å². The number of carboxylic acids is 3. The van der Waals surface area contributed by atoms with E-state index < -0.39 is 29.4 Å². The summed E-state index contributed by atoms with van der Waals surface area (Å²) in [5, 5.41) is 36.1. The number of benzene rings is 1. The highest BCUT2D eigenvalue weighted by molar-refractivity contribution is 5.98. The van der Waals surface area contributed by atoms with Crippen LogP contribution >= 0.6 is 0 Å². The molecular weight excluding hydrogens is 408 g/mol. The van der Waals surface area contributed by atoms with Gasteiger partial charge in [-0.05, 0) is 19.3 Å². The van der Waals surface area contributed by atoms with Crippen molar-refractivity contribution in [3.05, 3.63) is 35.9 Å². The largest absolute Gasteiger partial charge is 0.481 e. The van der Waals surface area contributed by atoms with Gasteiger partial charge in [-0.2, -0.15) is 0 Å². The second kappa shape index (κ2) is 14.3. The molecule has 0 saturated carbocycles. The van der Waals surface area contributed by atoms with E-state index in [2.05, 4.69) is 11.9 Å². The number of aliphatic carboxylic acids is 3. The summed E-state index contributed by atoms with van der Waals surface area (Å²) in [6.07, 6.45) is -1.66. The number of amides is 1. The van der Waals surface area contributed by atoms with Crippen LogP contribution in [-0.2, 0) is 19.2 Å². The Morgan fingerprint density at radius 3 is 1.55 bits per heavy atom. The summed E-state index contributed by atoms with van der Waals surface area (Å²) in [7, 11) is 0. The van der Waals surface area contributed by atoms with Gasteiger partial charge in [-0.15, -0.1) is 0 Å². The molecule has 1 amide bonds. The molecule has 0 aliphatic heterocycles. The van der Waals surface area contributed by atoms with Crippen LogP contribution in [0.4, 0.5) is 0 Å². The molecule has 0 aliphatic rings. The fourth-order valence-electron chi connectivity index (χ4n) is 2.95. The average molecular weight is 434 g/mol. The van der Waals surface area contributed by atoms with Crippen molar-refractivity contribution in [2.45, 2.75) is 56.9 Å². The number of nitrogens with one attached hydrogen (secondary N) is 1. The monoisotopic (exact) mass is 434 g/mol. The number of rotatable bonds is 14. The maximum absolute atomic E-state index is 12.4. The lowest BCUT2D eigenvalue weighted by atomic mass is 9.83. The van der Waals surface area contributed by atoms with Gasteiger partial charge in [-0.3, -0.25) is 24.0 Å². The number of Topliss-reactive ketones (excluding diaryl/α,β-unsaturated/α-hetero) is 1. The van der Waals surface area contributed by atoms with Crippen LogP contribution in [-0.4, -0.2) is 50.5 Å². The number of nitriles is 1. The minimum atomic E-state index is -1.29. The smallest absolute Gasteiger partial charge is 0.303 e. The van der Waals surface area contributed by atoms with Gasteiger partial charge < -0.3 is 20.6 Å². The summed E-state index contributed by atoms with van der Waals surface area (Å²) >= 11 is 0. The van der Waals surface area contributed by atoms with Gasteiger partial charge in [0.1, 0.15) is 0 Å². The summed E-state index contributed by atoms with van der Waals surface area (Å²) in [5.74, 6) is -4.24. The third-order valence-electron chi connectivity index (χ3n) is 4.53. The lowest BCUT2D eigenvalue weighted by molar-refractivity contribution is -0.139. The van der Waals surface area contributed by atoms with Gasteiger partial charge in [-0.1, -0.05) is 30.3 Å². The summed E-state index contributed by atoms with van der Waals surface area (Å²) in [5.41, 5.74) is -0.837. The van der Waals surface area contributed by atoms with E-state index in [0.29, 0.717) is 5.56 Å². The first-order valence-corrected chi connectivity index (χ1v) is 9.44. The summed E-state index contributed by atoms with van der Waals surface area (Å²) < 4.78 is 0. The highest BCUT2D eigenvalue weighted by atomic mass is 16.4. The first-order valence-electron chi connectivity index (χ1n) is 9.44. The minimum Gasteiger partial charge on any atom is -0.481 e. The van der Waals surface area contributed by atoms with Crippen LogP contribution in [0.3, 0.4) is 0 Å². The third kappa shape index (κ3) is 11.8. The van der Waals surface area contributed by atoms with E-state index in [-0.39, 0.29) is 57.1 Å². The average Bonchev–Trinajstić information content (AvgIpc) is 2.75. The van der Waals surface area contributed by atoms with Gasteiger partial charge in [0.25, 0.3) is 0 Å². The molecule has 168 valence electrons. The molecule has 0 aromatic heterocycles. The molecule has 0 unspecified atom stereocenters. The summed E-state index contributed by atoms with van der Waals surface area (Å²) in [6, 6.07) is 8.39. The standard InChI is InChI=1S/C20H25NO8.CHN/c22-15(14-4-2-1-3-5-14)6-7-16(23)21-20(11-8-17(24)25,12-9-18(26)27)13-10-19(28)29;1-2/h1-5H,6-13H2,(H,21,23)(H,24,25)(H,26,27)(H,28,29);1H. The summed E-state index contributed by atoms with van der Waals surface area (Å²) in [4.78, 5) is 57.5. The van der Waals surface area contributed by atoms with Crippen molar-refractivity contribution in [1.29, 1.82) is 5.26 Å². The Kier molecular flexibility index (Phi) is 12.6. The molecular formula is C21H26N2O8. The van der Waals surface area contributed by atoms with E-state index in [1.807, 2.05) is 0 Å². The third-order valence-corrected chi connectivity index (χ3v) is 4.53. The maximum Gasteiger partial charge on any atom is 0.303 e. The molecule has 0 atom stereocenters. The molecule has 1 aromatic rings. The van der Waals surface area contributed by atoms with Gasteiger partial charge in [-0.25, -0.2) is 5.26 Å². The number of carbonyl (C=O) groups is 5. The van der Waals surface area contributed by atoms with Crippen LogP contribution < -0.4 is 5.32 Å². The Balaban J connectivity index is 0.00000436. The quantitative estimate of drug-likeness (QED) is 0.319. The lowest BCUT2D eigenvalue weighted by Gasteiger charge is -2.34. The zero-order valence-corrected chi connectivity index (χ0v) is 17.0. The van der Waals surface area contributed by atoms with Crippen LogP contribution in [0.2, 0.25) is 0 Å². The summed E-state index contributed by atoms with van der Waals surface area (Å²) in [6.45, 7) is 3.50. The zero-order chi connectivity index (χ0) is 23.9. The van der Waals surface area contributed by atoms with E-state index in [1.165, 1.54) is 0 Å². The van der Waals surface area contributed by atoms with E-state index in [0.717, 1.165) is 0 Å². The van der Waals surface area contributed by atoms with E-state index in [4.69, 9.17) is 20.6 Å². The second-order valence-electron chi connectivity index (χ2n) is 6.80. The SMILES string of the molecule is C#N.O=C(O)CCC(CCC(=O)O)(CCC(=O)O)NC(=O)CCC(=O)c1ccccc1. The number of hydrogen-bond donors (Lipinski definition) is 4. The molecule has 0 heterocycles. The second-order valence-corrected chi connectivity index (χ2v) is 6.80. The normalized spacial score (nSPS) is 10.3. The molecule has 1 aromatic carbocycles. The fraction of sp³-hybridized carbons (Fsp3) is 0.429. The molecule has 10 heteroatoms. The molecule has 0 bridgehead atoms. The van der Waals surface area contributed by atoms with Crippen molar-refractivity contribution in [3.8, 4) is 6.57 Å². The minimum absolute atomic E-state index is 0.0806. The van der Waals surface area contributed by atoms with Crippen LogP contribution in [0, 0.1) is 11.8 Å². The highest BCUT2D eigenvalue weighted by Gasteiger charge is 2.33.